The summed E-state index contributed by atoms with van der Waals surface area (Å²) in [6.45, 7) is 5.73. The first-order chi connectivity index (χ1) is 6.24. The molecule has 1 unspecified atom stereocenters. The van der Waals surface area contributed by atoms with Gasteiger partial charge in [-0.1, -0.05) is 12.8 Å². The van der Waals surface area contributed by atoms with Crippen LogP contribution in [-0.2, 0) is 9.84 Å². The van der Waals surface area contributed by atoms with Gasteiger partial charge in [0.2, 0.25) is 0 Å². The number of sulfone groups is 1. The standard InChI is InChI=1S/C10H19NO2S/c1-6-9(7-2)11-8-10(3,4)14(5,12)13/h1,9,11H,7-8H2,2-5H3. The fourth-order valence-corrected chi connectivity index (χ4v) is 1.17. The summed E-state index contributed by atoms with van der Waals surface area (Å²) >= 11 is 0. The highest BCUT2D eigenvalue weighted by molar-refractivity contribution is 7.92. The van der Waals surface area contributed by atoms with Gasteiger partial charge in [0, 0.05) is 12.8 Å². The number of terminal acetylenes is 1. The van der Waals surface area contributed by atoms with E-state index in [1.807, 2.05) is 6.92 Å². The third kappa shape index (κ3) is 3.69. The Balaban J connectivity index is 4.35. The van der Waals surface area contributed by atoms with Gasteiger partial charge in [-0.15, -0.1) is 6.42 Å². The molecule has 14 heavy (non-hydrogen) atoms. The third-order valence-corrected chi connectivity index (χ3v) is 4.54. The quantitative estimate of drug-likeness (QED) is 0.693. The smallest absolute Gasteiger partial charge is 0.153 e. The Morgan fingerprint density at radius 3 is 2.29 bits per heavy atom. The summed E-state index contributed by atoms with van der Waals surface area (Å²) in [5.41, 5.74) is 0. The van der Waals surface area contributed by atoms with Crippen LogP contribution in [0.25, 0.3) is 0 Å². The van der Waals surface area contributed by atoms with E-state index in [0.717, 1.165) is 6.42 Å². The van der Waals surface area contributed by atoms with Crippen LogP contribution in [0.1, 0.15) is 27.2 Å². The minimum absolute atomic E-state index is 0.0453. The lowest BCUT2D eigenvalue weighted by Gasteiger charge is -2.24. The molecular weight excluding hydrogens is 198 g/mol. The summed E-state index contributed by atoms with van der Waals surface area (Å²) < 4.78 is 21.9. The van der Waals surface area contributed by atoms with Crippen LogP contribution in [0.4, 0.5) is 0 Å². The highest BCUT2D eigenvalue weighted by Gasteiger charge is 2.30. The largest absolute Gasteiger partial charge is 0.302 e. The molecule has 0 heterocycles. The number of rotatable bonds is 5. The Morgan fingerprint density at radius 1 is 1.50 bits per heavy atom. The molecule has 0 aliphatic rings. The molecule has 0 saturated heterocycles. The summed E-state index contributed by atoms with van der Waals surface area (Å²) in [6.07, 6.45) is 7.30. The van der Waals surface area contributed by atoms with Crippen molar-refractivity contribution in [1.29, 1.82) is 0 Å². The van der Waals surface area contributed by atoms with Crippen molar-refractivity contribution < 1.29 is 8.42 Å². The molecule has 0 rings (SSSR count). The first-order valence-electron chi connectivity index (χ1n) is 4.63. The summed E-state index contributed by atoms with van der Waals surface area (Å²) in [4.78, 5) is 0. The van der Waals surface area contributed by atoms with E-state index in [0.29, 0.717) is 6.54 Å². The van der Waals surface area contributed by atoms with Crippen molar-refractivity contribution in [2.75, 3.05) is 12.8 Å². The molecule has 1 N–H and O–H groups in total. The zero-order chi connectivity index (χ0) is 11.4. The third-order valence-electron chi connectivity index (χ3n) is 2.39. The van der Waals surface area contributed by atoms with Crippen molar-refractivity contribution in [3.05, 3.63) is 0 Å². The normalized spacial score (nSPS) is 14.8. The van der Waals surface area contributed by atoms with E-state index in [2.05, 4.69) is 11.2 Å². The number of nitrogens with one attached hydrogen (secondary N) is 1. The maximum Gasteiger partial charge on any atom is 0.153 e. The van der Waals surface area contributed by atoms with E-state index >= 15 is 0 Å². The molecule has 0 amide bonds. The van der Waals surface area contributed by atoms with Crippen molar-refractivity contribution in [1.82, 2.24) is 5.32 Å². The van der Waals surface area contributed by atoms with E-state index in [1.165, 1.54) is 6.26 Å². The van der Waals surface area contributed by atoms with Crippen LogP contribution in [-0.4, -0.2) is 32.0 Å². The Bertz CT molecular complexity index is 312. The van der Waals surface area contributed by atoms with Gasteiger partial charge in [0.25, 0.3) is 0 Å². The van der Waals surface area contributed by atoms with Crippen molar-refractivity contribution in [3.8, 4) is 12.3 Å². The molecule has 0 aromatic heterocycles. The van der Waals surface area contributed by atoms with Crippen molar-refractivity contribution >= 4 is 9.84 Å². The Hall–Kier alpha value is -0.530. The van der Waals surface area contributed by atoms with Gasteiger partial charge in [-0.05, 0) is 20.3 Å². The Morgan fingerprint density at radius 2 is 2.00 bits per heavy atom. The zero-order valence-electron chi connectivity index (χ0n) is 9.29. The molecule has 0 bridgehead atoms. The van der Waals surface area contributed by atoms with Crippen molar-refractivity contribution in [2.24, 2.45) is 0 Å². The summed E-state index contributed by atoms with van der Waals surface area (Å²) in [7, 11) is -3.05. The van der Waals surface area contributed by atoms with E-state index < -0.39 is 14.6 Å². The fraction of sp³-hybridized carbons (Fsp3) is 0.800. The van der Waals surface area contributed by atoms with Gasteiger partial charge in [0.15, 0.2) is 9.84 Å². The van der Waals surface area contributed by atoms with Crippen LogP contribution in [0.5, 0.6) is 0 Å². The molecule has 0 aliphatic heterocycles. The lowest BCUT2D eigenvalue weighted by atomic mass is 10.1. The van der Waals surface area contributed by atoms with Gasteiger partial charge in [-0.2, -0.15) is 0 Å². The second kappa shape index (κ2) is 4.81. The van der Waals surface area contributed by atoms with Crippen LogP contribution in [0.15, 0.2) is 0 Å². The molecule has 0 radical (unpaired) electrons. The zero-order valence-corrected chi connectivity index (χ0v) is 10.1. The lowest BCUT2D eigenvalue weighted by Crippen LogP contribution is -2.44. The number of hydrogen-bond donors (Lipinski definition) is 1. The predicted octanol–water partition coefficient (Wildman–Crippen LogP) is 0.811. The van der Waals surface area contributed by atoms with Gasteiger partial charge in [-0.3, -0.25) is 0 Å². The first kappa shape index (κ1) is 13.5. The summed E-state index contributed by atoms with van der Waals surface area (Å²) in [5.74, 6) is 2.57. The molecule has 0 aliphatic carbocycles. The average Bonchev–Trinajstić information content (AvgIpc) is 2.04. The van der Waals surface area contributed by atoms with E-state index in [1.54, 1.807) is 13.8 Å². The van der Waals surface area contributed by atoms with Crippen LogP contribution in [0, 0.1) is 12.3 Å². The summed E-state index contributed by atoms with van der Waals surface area (Å²) in [5, 5.41) is 3.05. The molecule has 3 nitrogen and oxygen atoms in total. The SMILES string of the molecule is C#CC(CC)NCC(C)(C)S(C)(=O)=O. The molecule has 0 aromatic rings. The maximum absolute atomic E-state index is 11.4. The van der Waals surface area contributed by atoms with Gasteiger partial charge in [-0.25, -0.2) is 8.42 Å². The maximum atomic E-state index is 11.4. The van der Waals surface area contributed by atoms with E-state index in [4.69, 9.17) is 6.42 Å². The molecule has 82 valence electrons. The van der Waals surface area contributed by atoms with E-state index in [-0.39, 0.29) is 6.04 Å². The number of hydrogen-bond acceptors (Lipinski definition) is 3. The van der Waals surface area contributed by atoms with Gasteiger partial charge >= 0.3 is 0 Å². The molecule has 0 fully saturated rings. The summed E-state index contributed by atoms with van der Waals surface area (Å²) in [6, 6.07) is -0.0453. The van der Waals surface area contributed by atoms with Crippen LogP contribution < -0.4 is 5.32 Å². The predicted molar refractivity (Wildman–Crippen MR) is 59.8 cm³/mol. The van der Waals surface area contributed by atoms with Crippen LogP contribution in [0.3, 0.4) is 0 Å². The Labute approximate surface area is 87.2 Å². The van der Waals surface area contributed by atoms with Crippen LogP contribution >= 0.6 is 0 Å². The molecule has 1 atom stereocenters. The lowest BCUT2D eigenvalue weighted by molar-refractivity contribution is 0.498. The minimum Gasteiger partial charge on any atom is -0.302 e. The van der Waals surface area contributed by atoms with Gasteiger partial charge in [0.1, 0.15) is 0 Å². The highest BCUT2D eigenvalue weighted by atomic mass is 32.2. The van der Waals surface area contributed by atoms with Crippen molar-refractivity contribution in [3.63, 3.8) is 0 Å². The molecule has 0 spiro atoms. The molecule has 0 saturated carbocycles. The second-order valence-corrected chi connectivity index (χ2v) is 6.69. The monoisotopic (exact) mass is 217 g/mol. The average molecular weight is 217 g/mol. The molecule has 0 aromatic carbocycles. The van der Waals surface area contributed by atoms with E-state index in [9.17, 15) is 8.42 Å². The van der Waals surface area contributed by atoms with Crippen molar-refractivity contribution in [2.45, 2.75) is 38.0 Å². The fourth-order valence-electron chi connectivity index (χ4n) is 0.821. The van der Waals surface area contributed by atoms with Gasteiger partial charge in [0.05, 0.1) is 10.8 Å². The second-order valence-electron chi connectivity index (χ2n) is 4.04. The van der Waals surface area contributed by atoms with Crippen LogP contribution in [0.2, 0.25) is 0 Å². The topological polar surface area (TPSA) is 46.2 Å². The van der Waals surface area contributed by atoms with Gasteiger partial charge < -0.3 is 5.32 Å². The highest BCUT2D eigenvalue weighted by Crippen LogP contribution is 2.13. The molecular formula is C10H19NO2S. The first-order valence-corrected chi connectivity index (χ1v) is 6.53. The minimum atomic E-state index is -3.05. The molecule has 4 heteroatoms. The Kier molecular flexibility index (Phi) is 4.63.